The summed E-state index contributed by atoms with van der Waals surface area (Å²) in [6, 6.07) is 26.2. The monoisotopic (exact) mass is 636 g/mol. The van der Waals surface area contributed by atoms with Crippen LogP contribution >= 0.6 is 0 Å². The molecule has 3 N–H and O–H groups in total. The summed E-state index contributed by atoms with van der Waals surface area (Å²) >= 11 is 0. The maximum absolute atomic E-state index is 11.9. The zero-order valence-corrected chi connectivity index (χ0v) is 27.1. The number of piperazine rings is 1. The molecule has 6 rings (SSSR count). The Morgan fingerprint density at radius 2 is 1.57 bits per heavy atom. The Labute approximate surface area is 276 Å². The van der Waals surface area contributed by atoms with Crippen LogP contribution in [-0.4, -0.2) is 71.4 Å². The number of carbonyl (C=O) groups is 1. The van der Waals surface area contributed by atoms with Gasteiger partial charge in [-0.3, -0.25) is 4.90 Å². The lowest BCUT2D eigenvalue weighted by molar-refractivity contribution is -0.276. The molecule has 2 aliphatic rings. The van der Waals surface area contributed by atoms with Gasteiger partial charge in [0.2, 0.25) is 5.95 Å². The number of carbonyl (C=O) groups excluding carboxylic acids is 1. The van der Waals surface area contributed by atoms with E-state index in [0.717, 1.165) is 72.1 Å². The number of nitrogens with zero attached hydrogens (tertiary/aromatic N) is 4. The van der Waals surface area contributed by atoms with Gasteiger partial charge in [0, 0.05) is 69.7 Å². The van der Waals surface area contributed by atoms with Crippen molar-refractivity contribution in [3.05, 3.63) is 114 Å². The van der Waals surface area contributed by atoms with Gasteiger partial charge in [-0.05, 0) is 52.9 Å². The highest BCUT2D eigenvalue weighted by Gasteiger charge is 2.39. The fraction of sp³-hybridized carbons (Fsp3) is 0.378. The summed E-state index contributed by atoms with van der Waals surface area (Å²) in [4.78, 5) is 25.5. The van der Waals surface area contributed by atoms with Gasteiger partial charge in [-0.15, -0.1) is 0 Å². The van der Waals surface area contributed by atoms with Crippen molar-refractivity contribution in [2.75, 3.05) is 44.2 Å². The molecule has 47 heavy (non-hydrogen) atoms. The number of rotatable bonds is 10. The van der Waals surface area contributed by atoms with Crippen LogP contribution in [0.4, 0.5) is 10.7 Å². The van der Waals surface area contributed by atoms with Crippen molar-refractivity contribution in [1.82, 2.24) is 25.5 Å². The number of ether oxygens (including phenoxy) is 2. The molecule has 4 aromatic rings. The van der Waals surface area contributed by atoms with Crippen LogP contribution in [0.3, 0.4) is 0 Å². The molecular weight excluding hydrogens is 592 g/mol. The first-order valence-corrected chi connectivity index (χ1v) is 16.5. The minimum Gasteiger partial charge on any atom is -0.392 e. The van der Waals surface area contributed by atoms with Crippen molar-refractivity contribution in [2.24, 2.45) is 5.92 Å². The predicted molar refractivity (Wildman–Crippen MR) is 181 cm³/mol. The number of hydrogen-bond acceptors (Lipinski definition) is 8. The molecule has 4 atom stereocenters. The summed E-state index contributed by atoms with van der Waals surface area (Å²) in [5, 5.41) is 15.3. The van der Waals surface area contributed by atoms with Gasteiger partial charge in [-0.2, -0.15) is 0 Å². The number of nitrogens with one attached hydrogen (secondary N) is 2. The van der Waals surface area contributed by atoms with Crippen LogP contribution in [-0.2, 0) is 22.6 Å². The lowest BCUT2D eigenvalue weighted by Crippen LogP contribution is -2.51. The van der Waals surface area contributed by atoms with Crippen molar-refractivity contribution in [3.8, 4) is 11.1 Å². The van der Waals surface area contributed by atoms with Crippen molar-refractivity contribution in [3.63, 3.8) is 0 Å². The number of anilines is 1. The molecule has 3 heterocycles. The smallest absolute Gasteiger partial charge is 0.315 e. The van der Waals surface area contributed by atoms with E-state index in [-0.39, 0.29) is 30.8 Å². The van der Waals surface area contributed by atoms with Crippen LogP contribution in [0.5, 0.6) is 0 Å². The maximum atomic E-state index is 11.9. The molecule has 2 fully saturated rings. The van der Waals surface area contributed by atoms with E-state index >= 15 is 0 Å². The Hall–Kier alpha value is -4.35. The lowest BCUT2D eigenvalue weighted by atomic mass is 9.89. The summed E-state index contributed by atoms with van der Waals surface area (Å²) in [6.07, 6.45) is 2.77. The van der Waals surface area contributed by atoms with Crippen molar-refractivity contribution in [2.45, 2.75) is 45.5 Å². The normalized spacial score (nSPS) is 21.7. The van der Waals surface area contributed by atoms with Gasteiger partial charge >= 0.3 is 6.03 Å². The first kappa shape index (κ1) is 32.6. The molecule has 10 nitrogen and oxygen atoms in total. The van der Waals surface area contributed by atoms with Gasteiger partial charge < -0.3 is 30.1 Å². The zero-order chi connectivity index (χ0) is 32.6. The summed E-state index contributed by atoms with van der Waals surface area (Å²) in [7, 11) is 0. The number of hydrogen-bond donors (Lipinski definition) is 3. The second-order valence-corrected chi connectivity index (χ2v) is 12.2. The van der Waals surface area contributed by atoms with Crippen LogP contribution in [0.25, 0.3) is 11.1 Å². The number of urea groups is 1. The SMILES string of the molecule is CCNC(=O)NCc1cccc(-c2cccc([C@@H]3O[C@H](CN4CCN(c5ncccn5)CC4)[C@H](C)[C@H](c4ccc(CO)cc4)O3)c2)c1. The molecule has 0 spiro atoms. The third-order valence-corrected chi connectivity index (χ3v) is 8.98. The molecule has 10 heteroatoms. The van der Waals surface area contributed by atoms with Gasteiger partial charge in [0.15, 0.2) is 6.29 Å². The highest BCUT2D eigenvalue weighted by Crippen LogP contribution is 2.42. The molecule has 2 amide bonds. The average Bonchev–Trinajstić information content (AvgIpc) is 3.12. The molecule has 0 aliphatic carbocycles. The largest absolute Gasteiger partial charge is 0.392 e. The van der Waals surface area contributed by atoms with E-state index in [2.05, 4.69) is 79.8 Å². The molecule has 0 unspecified atom stereocenters. The Morgan fingerprint density at radius 3 is 2.30 bits per heavy atom. The zero-order valence-electron chi connectivity index (χ0n) is 27.1. The Kier molecular flexibility index (Phi) is 10.7. The maximum Gasteiger partial charge on any atom is 0.315 e. The molecule has 3 aromatic carbocycles. The van der Waals surface area contributed by atoms with E-state index in [1.54, 1.807) is 12.4 Å². The van der Waals surface area contributed by atoms with E-state index in [0.29, 0.717) is 13.1 Å². The van der Waals surface area contributed by atoms with Gasteiger partial charge in [-0.1, -0.05) is 67.6 Å². The Bertz CT molecular complexity index is 1600. The molecule has 246 valence electrons. The van der Waals surface area contributed by atoms with Gasteiger partial charge in [0.05, 0.1) is 18.8 Å². The highest BCUT2D eigenvalue weighted by atomic mass is 16.7. The standard InChI is InChI=1S/C37H44N6O4/c1-3-38-37(45)41-23-28-7-4-8-30(21-28)31-9-5-10-32(22-31)35-46-33(26(2)34(47-35)29-13-11-27(25-44)12-14-29)24-42-17-19-43(20-18-42)36-39-15-6-16-40-36/h4-16,21-22,26,33-35,44H,3,17-20,23-25H2,1-2H3,(H2,38,41,45)/t26-,33+,34+,35+/m0/s1. The lowest BCUT2D eigenvalue weighted by Gasteiger charge is -2.44. The van der Waals surface area contributed by atoms with Gasteiger partial charge in [0.1, 0.15) is 0 Å². The number of amides is 2. The minimum absolute atomic E-state index is 0.00566. The van der Waals surface area contributed by atoms with Crippen molar-refractivity contribution in [1.29, 1.82) is 0 Å². The van der Waals surface area contributed by atoms with Gasteiger partial charge in [0.25, 0.3) is 0 Å². The molecule has 2 saturated heterocycles. The predicted octanol–water partition coefficient (Wildman–Crippen LogP) is 5.07. The molecule has 1 aromatic heterocycles. The molecule has 0 saturated carbocycles. The summed E-state index contributed by atoms with van der Waals surface area (Å²) in [6.45, 7) is 9.43. The van der Waals surface area contributed by atoms with Crippen molar-refractivity contribution < 1.29 is 19.4 Å². The van der Waals surface area contributed by atoms with E-state index < -0.39 is 6.29 Å². The van der Waals surface area contributed by atoms with E-state index in [1.165, 1.54) is 0 Å². The minimum atomic E-state index is -0.555. The van der Waals surface area contributed by atoms with Crippen LogP contribution in [0.1, 0.15) is 48.5 Å². The highest BCUT2D eigenvalue weighted by molar-refractivity contribution is 5.74. The number of aliphatic hydroxyl groups excluding tert-OH is 1. The number of benzene rings is 3. The van der Waals surface area contributed by atoms with E-state index in [1.807, 2.05) is 43.3 Å². The third kappa shape index (κ3) is 8.15. The van der Waals surface area contributed by atoms with Gasteiger partial charge in [-0.25, -0.2) is 14.8 Å². The molecule has 2 aliphatic heterocycles. The van der Waals surface area contributed by atoms with E-state index in [9.17, 15) is 9.90 Å². The van der Waals surface area contributed by atoms with Crippen LogP contribution in [0.15, 0.2) is 91.3 Å². The molecule has 0 bridgehead atoms. The Morgan fingerprint density at radius 1 is 0.851 bits per heavy atom. The second kappa shape index (κ2) is 15.5. The molecule has 0 radical (unpaired) electrons. The van der Waals surface area contributed by atoms with E-state index in [4.69, 9.17) is 9.47 Å². The summed E-state index contributed by atoms with van der Waals surface area (Å²) in [5.74, 6) is 0.872. The Balaban J connectivity index is 1.20. The first-order valence-electron chi connectivity index (χ1n) is 16.5. The number of aromatic nitrogens is 2. The fourth-order valence-corrected chi connectivity index (χ4v) is 6.30. The summed E-state index contributed by atoms with van der Waals surface area (Å²) < 4.78 is 13.6. The quantitative estimate of drug-likeness (QED) is 0.221. The van der Waals surface area contributed by atoms with Crippen LogP contribution < -0.4 is 15.5 Å². The van der Waals surface area contributed by atoms with Crippen LogP contribution in [0, 0.1) is 5.92 Å². The first-order chi connectivity index (χ1) is 23.0. The second-order valence-electron chi connectivity index (χ2n) is 12.2. The summed E-state index contributed by atoms with van der Waals surface area (Å²) in [5.41, 5.74) is 6.02. The van der Waals surface area contributed by atoms with Crippen molar-refractivity contribution >= 4 is 12.0 Å². The molecular formula is C37H44N6O4. The third-order valence-electron chi connectivity index (χ3n) is 8.98. The topological polar surface area (TPSA) is 112 Å². The fourth-order valence-electron chi connectivity index (χ4n) is 6.30. The number of aliphatic hydroxyl groups is 1. The van der Waals surface area contributed by atoms with Crippen LogP contribution in [0.2, 0.25) is 0 Å². The average molecular weight is 637 g/mol.